The second-order valence-corrected chi connectivity index (χ2v) is 5.69. The molecule has 0 aromatic carbocycles. The van der Waals surface area contributed by atoms with Crippen molar-refractivity contribution in [2.24, 2.45) is 5.41 Å². The first-order chi connectivity index (χ1) is 8.32. The predicted octanol–water partition coefficient (Wildman–Crippen LogP) is 2.43. The number of aromatic nitrogens is 1. The van der Waals surface area contributed by atoms with Gasteiger partial charge in [0.2, 0.25) is 5.56 Å². The number of aromatic amines is 1. The topological polar surface area (TPSA) is 42.1 Å². The first-order valence-corrected chi connectivity index (χ1v) is 6.68. The molecule has 1 saturated heterocycles. The van der Waals surface area contributed by atoms with Crippen LogP contribution in [-0.4, -0.2) is 17.5 Å². The smallest absolute Gasteiger partial charge is 0.328 e. The monoisotopic (exact) mass is 249 g/mol. The van der Waals surface area contributed by atoms with Gasteiger partial charge in [-0.05, 0) is 37.1 Å². The molecule has 0 unspecified atom stereocenters. The molecule has 18 heavy (non-hydrogen) atoms. The molecule has 0 amide bonds. The lowest BCUT2D eigenvalue weighted by atomic mass is 9.54. The molecule has 0 bridgehead atoms. The average molecular weight is 249 g/mol. The van der Waals surface area contributed by atoms with Crippen LogP contribution in [0.15, 0.2) is 23.1 Å². The first-order valence-electron chi connectivity index (χ1n) is 6.68. The highest BCUT2D eigenvalue weighted by atomic mass is 16.5. The van der Waals surface area contributed by atoms with E-state index in [4.69, 9.17) is 4.65 Å². The van der Waals surface area contributed by atoms with E-state index < -0.39 is 0 Å². The molecule has 0 aliphatic carbocycles. The number of H-pyrrole nitrogens is 1. The van der Waals surface area contributed by atoms with Crippen LogP contribution in [0.5, 0.6) is 0 Å². The van der Waals surface area contributed by atoms with E-state index in [2.05, 4.69) is 32.7 Å². The molecule has 1 N–H and O–H groups in total. The highest BCUT2D eigenvalue weighted by Gasteiger charge is 2.49. The first kappa shape index (κ1) is 15.0. The SMILES string of the molecule is CC.CC1(C)CB(c2cc[nH]c(=O)c2)OC1(C)C. The molecule has 0 spiro atoms. The maximum Gasteiger partial charge on any atom is 0.328 e. The highest BCUT2D eigenvalue weighted by molar-refractivity contribution is 6.68. The lowest BCUT2D eigenvalue weighted by Crippen LogP contribution is -2.36. The molecule has 1 aromatic heterocycles. The van der Waals surface area contributed by atoms with Crippen LogP contribution < -0.4 is 11.0 Å². The fraction of sp³-hybridized carbons (Fsp3) is 0.643. The summed E-state index contributed by atoms with van der Waals surface area (Å²) in [7, 11) is 0. The van der Waals surface area contributed by atoms with Crippen molar-refractivity contribution in [2.45, 2.75) is 53.5 Å². The Morgan fingerprint density at radius 1 is 1.28 bits per heavy atom. The predicted molar refractivity (Wildman–Crippen MR) is 77.6 cm³/mol. The summed E-state index contributed by atoms with van der Waals surface area (Å²) in [5.41, 5.74) is 0.881. The molecule has 3 nitrogen and oxygen atoms in total. The van der Waals surface area contributed by atoms with Gasteiger partial charge in [-0.1, -0.05) is 27.7 Å². The number of nitrogens with one attached hydrogen (secondary N) is 1. The lowest BCUT2D eigenvalue weighted by molar-refractivity contribution is 0.0375. The molecule has 100 valence electrons. The second-order valence-electron chi connectivity index (χ2n) is 5.69. The Labute approximate surface area is 110 Å². The van der Waals surface area contributed by atoms with Crippen molar-refractivity contribution in [1.29, 1.82) is 0 Å². The molecule has 1 aliphatic heterocycles. The van der Waals surface area contributed by atoms with Gasteiger partial charge in [0.15, 0.2) is 0 Å². The van der Waals surface area contributed by atoms with E-state index in [1.807, 2.05) is 19.9 Å². The van der Waals surface area contributed by atoms with Gasteiger partial charge in [-0.3, -0.25) is 4.79 Å². The molecular weight excluding hydrogens is 225 g/mol. The van der Waals surface area contributed by atoms with Crippen molar-refractivity contribution < 1.29 is 4.65 Å². The van der Waals surface area contributed by atoms with Gasteiger partial charge in [0.1, 0.15) is 0 Å². The number of hydrogen-bond donors (Lipinski definition) is 1. The van der Waals surface area contributed by atoms with Gasteiger partial charge in [0, 0.05) is 12.3 Å². The van der Waals surface area contributed by atoms with Crippen molar-refractivity contribution >= 4 is 12.4 Å². The Bertz CT molecular complexity index is 435. The summed E-state index contributed by atoms with van der Waals surface area (Å²) in [5, 5.41) is 0. The fourth-order valence-electron chi connectivity index (χ4n) is 2.11. The Morgan fingerprint density at radius 2 is 1.89 bits per heavy atom. The van der Waals surface area contributed by atoms with Crippen LogP contribution in [0.4, 0.5) is 0 Å². The zero-order valence-electron chi connectivity index (χ0n) is 12.3. The molecule has 2 heterocycles. The summed E-state index contributed by atoms with van der Waals surface area (Å²) in [6.07, 6.45) is 2.63. The third kappa shape index (κ3) is 2.86. The second kappa shape index (κ2) is 5.31. The zero-order valence-corrected chi connectivity index (χ0v) is 12.3. The van der Waals surface area contributed by atoms with Crippen LogP contribution in [0.25, 0.3) is 0 Å². The lowest BCUT2D eigenvalue weighted by Gasteiger charge is -2.34. The zero-order chi connectivity index (χ0) is 14.0. The highest BCUT2D eigenvalue weighted by Crippen LogP contribution is 2.44. The number of rotatable bonds is 1. The summed E-state index contributed by atoms with van der Waals surface area (Å²) < 4.78 is 6.05. The van der Waals surface area contributed by atoms with Gasteiger partial charge in [-0.25, -0.2) is 0 Å². The van der Waals surface area contributed by atoms with Crippen molar-refractivity contribution in [1.82, 2.24) is 4.98 Å². The van der Waals surface area contributed by atoms with Crippen LogP contribution in [-0.2, 0) is 4.65 Å². The van der Waals surface area contributed by atoms with Crippen molar-refractivity contribution in [2.75, 3.05) is 0 Å². The maximum absolute atomic E-state index is 11.3. The Kier molecular flexibility index (Phi) is 4.43. The van der Waals surface area contributed by atoms with Crippen LogP contribution in [0.1, 0.15) is 41.5 Å². The van der Waals surface area contributed by atoms with E-state index in [-0.39, 0.29) is 23.5 Å². The number of pyridine rings is 1. The van der Waals surface area contributed by atoms with Gasteiger partial charge in [-0.15, -0.1) is 0 Å². The fourth-order valence-corrected chi connectivity index (χ4v) is 2.11. The normalized spacial score (nSPS) is 20.2. The van der Waals surface area contributed by atoms with Crippen LogP contribution in [0.2, 0.25) is 6.32 Å². The molecule has 0 radical (unpaired) electrons. The summed E-state index contributed by atoms with van der Waals surface area (Å²) in [6.45, 7) is 12.7. The van der Waals surface area contributed by atoms with Crippen LogP contribution in [0.3, 0.4) is 0 Å². The molecule has 0 atom stereocenters. The summed E-state index contributed by atoms with van der Waals surface area (Å²) in [5.74, 6) is 0. The van der Waals surface area contributed by atoms with Gasteiger partial charge >= 0.3 is 6.92 Å². The van der Waals surface area contributed by atoms with Gasteiger partial charge in [-0.2, -0.15) is 0 Å². The molecule has 1 fully saturated rings. The van der Waals surface area contributed by atoms with Crippen LogP contribution in [0, 0.1) is 5.41 Å². The van der Waals surface area contributed by atoms with E-state index in [9.17, 15) is 4.79 Å². The van der Waals surface area contributed by atoms with Crippen molar-refractivity contribution in [3.8, 4) is 0 Å². The van der Waals surface area contributed by atoms with Gasteiger partial charge < -0.3 is 9.64 Å². The summed E-state index contributed by atoms with van der Waals surface area (Å²) >= 11 is 0. The van der Waals surface area contributed by atoms with E-state index in [0.717, 1.165) is 11.8 Å². The van der Waals surface area contributed by atoms with E-state index >= 15 is 0 Å². The van der Waals surface area contributed by atoms with Crippen LogP contribution >= 0.6 is 0 Å². The largest absolute Gasteiger partial charge is 0.426 e. The minimum atomic E-state index is -0.153. The minimum absolute atomic E-state index is 0.0345. The molecule has 1 aromatic rings. The summed E-state index contributed by atoms with van der Waals surface area (Å²) in [6, 6.07) is 3.55. The quantitative estimate of drug-likeness (QED) is 0.776. The molecule has 2 rings (SSSR count). The van der Waals surface area contributed by atoms with E-state index in [0.29, 0.717) is 0 Å². The minimum Gasteiger partial charge on any atom is -0.426 e. The summed E-state index contributed by atoms with van der Waals surface area (Å²) in [4.78, 5) is 13.9. The van der Waals surface area contributed by atoms with Gasteiger partial charge in [0.25, 0.3) is 0 Å². The Balaban J connectivity index is 0.000000771. The third-order valence-corrected chi connectivity index (χ3v) is 3.93. The Morgan fingerprint density at radius 3 is 2.33 bits per heavy atom. The van der Waals surface area contributed by atoms with Crippen molar-refractivity contribution in [3.05, 3.63) is 28.7 Å². The molecular formula is C14H24BNO2. The maximum atomic E-state index is 11.3. The number of hydrogen-bond acceptors (Lipinski definition) is 2. The van der Waals surface area contributed by atoms with Gasteiger partial charge in [0.05, 0.1) is 5.60 Å². The molecule has 1 aliphatic rings. The van der Waals surface area contributed by atoms with E-state index in [1.54, 1.807) is 12.3 Å². The van der Waals surface area contributed by atoms with E-state index in [1.165, 1.54) is 0 Å². The molecule has 0 saturated carbocycles. The standard InChI is InChI=1S/C12H18BNO2.C2H6/c1-11(2)8-13(16-12(11,3)4)9-5-6-14-10(15)7-9;1-2/h5-7H,8H2,1-4H3,(H,14,15);1-2H3. The Hall–Kier alpha value is -1.03. The molecule has 4 heteroatoms. The average Bonchev–Trinajstić information content (AvgIpc) is 2.51. The van der Waals surface area contributed by atoms with Crippen molar-refractivity contribution in [3.63, 3.8) is 0 Å². The third-order valence-electron chi connectivity index (χ3n) is 3.93.